The van der Waals surface area contributed by atoms with Crippen LogP contribution < -0.4 is 5.32 Å². The number of nitrogens with one attached hydrogen (secondary N) is 2. The second-order valence-electron chi connectivity index (χ2n) is 4.30. The van der Waals surface area contributed by atoms with Crippen LogP contribution in [0.3, 0.4) is 0 Å². The Labute approximate surface area is 99.1 Å². The third kappa shape index (κ3) is 2.08. The first-order valence-corrected chi connectivity index (χ1v) is 5.83. The monoisotopic (exact) mass is 231 g/mol. The molecule has 1 aromatic heterocycles. The molecule has 0 aliphatic carbocycles. The van der Waals surface area contributed by atoms with E-state index in [4.69, 9.17) is 0 Å². The average Bonchev–Trinajstić information content (AvgIpc) is 2.74. The zero-order valence-electron chi connectivity index (χ0n) is 9.46. The van der Waals surface area contributed by atoms with Crippen LogP contribution in [0.1, 0.15) is 22.8 Å². The molecule has 17 heavy (non-hydrogen) atoms. The smallest absolute Gasteiger partial charge is 0.126 e. The molecule has 3 rings (SSSR count). The van der Waals surface area contributed by atoms with Crippen molar-refractivity contribution < 1.29 is 4.39 Å². The van der Waals surface area contributed by atoms with E-state index in [1.807, 2.05) is 6.07 Å². The number of rotatable bonds is 2. The van der Waals surface area contributed by atoms with Crippen LogP contribution in [-0.4, -0.2) is 16.5 Å². The lowest BCUT2D eigenvalue weighted by molar-refractivity contribution is 0.612. The van der Waals surface area contributed by atoms with Gasteiger partial charge in [0.25, 0.3) is 0 Å². The Balaban J connectivity index is 1.86. The molecule has 1 aromatic carbocycles. The molecule has 4 heteroatoms. The summed E-state index contributed by atoms with van der Waals surface area (Å²) >= 11 is 0. The number of nitrogens with zero attached hydrogens (tertiary/aromatic N) is 1. The summed E-state index contributed by atoms with van der Waals surface area (Å²) in [4.78, 5) is 7.79. The van der Waals surface area contributed by atoms with Crippen molar-refractivity contribution in [3.05, 3.63) is 52.9 Å². The van der Waals surface area contributed by atoms with Crippen LogP contribution in [0.5, 0.6) is 0 Å². The summed E-state index contributed by atoms with van der Waals surface area (Å²) in [6, 6.07) is 6.84. The standard InChI is InChI=1S/C13H14FN3/c14-10-4-2-1-3-9(10)7-13-16-11-5-6-15-8-12(11)17-13/h1-4,15H,5-8H2,(H,16,17). The second kappa shape index (κ2) is 4.30. The zero-order valence-corrected chi connectivity index (χ0v) is 9.46. The molecule has 0 fully saturated rings. The Hall–Kier alpha value is -1.68. The number of hydrogen-bond acceptors (Lipinski definition) is 2. The summed E-state index contributed by atoms with van der Waals surface area (Å²) < 4.78 is 13.5. The highest BCUT2D eigenvalue weighted by Crippen LogP contribution is 2.15. The molecule has 1 aliphatic heterocycles. The first-order chi connectivity index (χ1) is 8.33. The molecule has 0 spiro atoms. The van der Waals surface area contributed by atoms with Crippen molar-refractivity contribution in [3.8, 4) is 0 Å². The summed E-state index contributed by atoms with van der Waals surface area (Å²) in [7, 11) is 0. The molecule has 2 heterocycles. The van der Waals surface area contributed by atoms with E-state index in [0.29, 0.717) is 12.0 Å². The van der Waals surface area contributed by atoms with E-state index in [1.165, 1.54) is 6.07 Å². The fourth-order valence-electron chi connectivity index (χ4n) is 2.18. The van der Waals surface area contributed by atoms with E-state index in [2.05, 4.69) is 15.3 Å². The Morgan fingerprint density at radius 1 is 1.29 bits per heavy atom. The number of hydrogen-bond donors (Lipinski definition) is 2. The van der Waals surface area contributed by atoms with Crippen molar-refractivity contribution in [3.63, 3.8) is 0 Å². The van der Waals surface area contributed by atoms with E-state index in [9.17, 15) is 4.39 Å². The fourth-order valence-corrected chi connectivity index (χ4v) is 2.18. The van der Waals surface area contributed by atoms with Gasteiger partial charge >= 0.3 is 0 Å². The van der Waals surface area contributed by atoms with E-state index >= 15 is 0 Å². The zero-order chi connectivity index (χ0) is 11.7. The highest BCUT2D eigenvalue weighted by atomic mass is 19.1. The Morgan fingerprint density at radius 2 is 2.18 bits per heavy atom. The first-order valence-electron chi connectivity index (χ1n) is 5.83. The SMILES string of the molecule is Fc1ccccc1Cc1nc2c([nH]1)CNCC2. The minimum atomic E-state index is -0.167. The number of aromatic amines is 1. The molecule has 2 N–H and O–H groups in total. The molecule has 88 valence electrons. The van der Waals surface area contributed by atoms with Gasteiger partial charge in [-0.3, -0.25) is 0 Å². The van der Waals surface area contributed by atoms with Gasteiger partial charge in [-0.25, -0.2) is 9.37 Å². The lowest BCUT2D eigenvalue weighted by Crippen LogP contribution is -2.23. The number of fused-ring (bicyclic) bond motifs is 1. The molecule has 0 atom stereocenters. The number of aromatic nitrogens is 2. The molecule has 0 amide bonds. The normalized spacial score (nSPS) is 14.6. The molecule has 0 radical (unpaired) electrons. The van der Waals surface area contributed by atoms with E-state index in [1.54, 1.807) is 12.1 Å². The first kappa shape index (κ1) is 10.5. The quantitative estimate of drug-likeness (QED) is 0.827. The minimum absolute atomic E-state index is 0.167. The lowest BCUT2D eigenvalue weighted by atomic mass is 10.1. The molecule has 2 aromatic rings. The van der Waals surface area contributed by atoms with Gasteiger partial charge in [-0.15, -0.1) is 0 Å². The molecule has 0 bridgehead atoms. The predicted octanol–water partition coefficient (Wildman–Crippen LogP) is 1.79. The Morgan fingerprint density at radius 3 is 3.00 bits per heavy atom. The van der Waals surface area contributed by atoms with Gasteiger partial charge in [0.2, 0.25) is 0 Å². The van der Waals surface area contributed by atoms with Crippen LogP contribution in [0.25, 0.3) is 0 Å². The molecular weight excluding hydrogens is 217 g/mol. The van der Waals surface area contributed by atoms with Crippen molar-refractivity contribution in [2.45, 2.75) is 19.4 Å². The van der Waals surface area contributed by atoms with Gasteiger partial charge < -0.3 is 10.3 Å². The molecule has 3 nitrogen and oxygen atoms in total. The Bertz CT molecular complexity index is 510. The number of halogens is 1. The summed E-state index contributed by atoms with van der Waals surface area (Å²) in [5, 5.41) is 3.28. The fraction of sp³-hybridized carbons (Fsp3) is 0.308. The van der Waals surface area contributed by atoms with Gasteiger partial charge in [0.1, 0.15) is 11.6 Å². The van der Waals surface area contributed by atoms with Gasteiger partial charge in [-0.1, -0.05) is 18.2 Å². The Kier molecular flexibility index (Phi) is 2.65. The molecule has 0 saturated carbocycles. The van der Waals surface area contributed by atoms with E-state index in [0.717, 1.165) is 36.7 Å². The van der Waals surface area contributed by atoms with Gasteiger partial charge in [0.15, 0.2) is 0 Å². The highest BCUT2D eigenvalue weighted by Gasteiger charge is 2.14. The molecular formula is C13H14FN3. The predicted molar refractivity (Wildman–Crippen MR) is 63.2 cm³/mol. The summed E-state index contributed by atoms with van der Waals surface area (Å²) in [5.41, 5.74) is 2.95. The van der Waals surface area contributed by atoms with Crippen molar-refractivity contribution >= 4 is 0 Å². The summed E-state index contributed by atoms with van der Waals surface area (Å²) in [6.45, 7) is 1.80. The maximum absolute atomic E-state index is 13.5. The van der Waals surface area contributed by atoms with E-state index < -0.39 is 0 Å². The van der Waals surface area contributed by atoms with Crippen LogP contribution >= 0.6 is 0 Å². The van der Waals surface area contributed by atoms with E-state index in [-0.39, 0.29) is 5.82 Å². The van der Waals surface area contributed by atoms with Crippen LogP contribution in [0, 0.1) is 5.82 Å². The lowest BCUT2D eigenvalue weighted by Gasteiger charge is -2.09. The third-order valence-electron chi connectivity index (χ3n) is 3.07. The van der Waals surface area contributed by atoms with Crippen LogP contribution in [0.4, 0.5) is 4.39 Å². The maximum Gasteiger partial charge on any atom is 0.126 e. The number of imidazole rings is 1. The minimum Gasteiger partial charge on any atom is -0.344 e. The number of benzene rings is 1. The highest BCUT2D eigenvalue weighted by molar-refractivity contribution is 5.24. The van der Waals surface area contributed by atoms with Crippen molar-refractivity contribution in [2.24, 2.45) is 0 Å². The van der Waals surface area contributed by atoms with Crippen LogP contribution in [0.2, 0.25) is 0 Å². The summed E-state index contributed by atoms with van der Waals surface area (Å²) in [5.74, 6) is 0.684. The largest absolute Gasteiger partial charge is 0.344 e. The van der Waals surface area contributed by atoms with Crippen molar-refractivity contribution in [1.82, 2.24) is 15.3 Å². The molecule has 0 saturated heterocycles. The van der Waals surface area contributed by atoms with Gasteiger partial charge in [-0.2, -0.15) is 0 Å². The van der Waals surface area contributed by atoms with Crippen molar-refractivity contribution in [1.29, 1.82) is 0 Å². The third-order valence-corrected chi connectivity index (χ3v) is 3.07. The van der Waals surface area contributed by atoms with Gasteiger partial charge in [0.05, 0.1) is 11.4 Å². The maximum atomic E-state index is 13.5. The molecule has 1 aliphatic rings. The van der Waals surface area contributed by atoms with Crippen LogP contribution in [-0.2, 0) is 19.4 Å². The van der Waals surface area contributed by atoms with Crippen LogP contribution in [0.15, 0.2) is 24.3 Å². The van der Waals surface area contributed by atoms with Gasteiger partial charge in [-0.05, 0) is 11.6 Å². The molecule has 0 unspecified atom stereocenters. The second-order valence-corrected chi connectivity index (χ2v) is 4.30. The summed E-state index contributed by atoms with van der Waals surface area (Å²) in [6.07, 6.45) is 1.47. The number of H-pyrrole nitrogens is 1. The average molecular weight is 231 g/mol. The van der Waals surface area contributed by atoms with Crippen molar-refractivity contribution in [2.75, 3.05) is 6.54 Å². The topological polar surface area (TPSA) is 40.7 Å². The van der Waals surface area contributed by atoms with Gasteiger partial charge in [0, 0.05) is 25.9 Å².